The molecule has 19 heavy (non-hydrogen) atoms. The van der Waals surface area contributed by atoms with Crippen molar-refractivity contribution in [1.82, 2.24) is 0 Å². The van der Waals surface area contributed by atoms with E-state index in [1.165, 1.54) is 7.11 Å². The Labute approximate surface area is 114 Å². The van der Waals surface area contributed by atoms with Crippen LogP contribution in [-0.4, -0.2) is 25.0 Å². The highest BCUT2D eigenvalue weighted by Crippen LogP contribution is 2.32. The lowest BCUT2D eigenvalue weighted by atomic mass is 10.1. The predicted molar refractivity (Wildman–Crippen MR) is 69.6 cm³/mol. The Morgan fingerprint density at radius 3 is 2.53 bits per heavy atom. The standard InChI is InChI=1S/C12H16F3NO2S/c1-8(16)9-3-4-10(11(7-9)17-2)18-5-6-19-12(13,14)15/h3-4,7-8H,5-6,16H2,1-2H3. The largest absolute Gasteiger partial charge is 0.493 e. The molecule has 1 aromatic carbocycles. The van der Waals surface area contributed by atoms with E-state index in [2.05, 4.69) is 0 Å². The Bertz CT molecular complexity index is 410. The SMILES string of the molecule is COc1cc(C(C)N)ccc1OCCSC(F)(F)F. The minimum absolute atomic E-state index is 0.0436. The molecule has 0 aromatic heterocycles. The van der Waals surface area contributed by atoms with E-state index in [1.54, 1.807) is 18.2 Å². The Kier molecular flexibility index (Phi) is 5.81. The molecule has 0 spiro atoms. The molecule has 1 unspecified atom stereocenters. The molecule has 0 bridgehead atoms. The van der Waals surface area contributed by atoms with Gasteiger partial charge in [-0.25, -0.2) is 0 Å². The van der Waals surface area contributed by atoms with Gasteiger partial charge in [-0.05, 0) is 36.4 Å². The quantitative estimate of drug-likeness (QED) is 0.817. The van der Waals surface area contributed by atoms with Crippen molar-refractivity contribution in [2.45, 2.75) is 18.5 Å². The molecule has 0 radical (unpaired) electrons. The van der Waals surface area contributed by atoms with E-state index in [1.807, 2.05) is 6.92 Å². The maximum Gasteiger partial charge on any atom is 0.441 e. The van der Waals surface area contributed by atoms with Crippen LogP contribution in [0.1, 0.15) is 18.5 Å². The highest BCUT2D eigenvalue weighted by molar-refractivity contribution is 8.00. The van der Waals surface area contributed by atoms with E-state index in [0.717, 1.165) is 5.56 Å². The normalized spacial score (nSPS) is 13.2. The molecule has 2 N–H and O–H groups in total. The number of alkyl halides is 3. The molecule has 0 saturated carbocycles. The molecule has 3 nitrogen and oxygen atoms in total. The predicted octanol–water partition coefficient (Wildman–Crippen LogP) is 3.35. The second-order valence-corrected chi connectivity index (χ2v) is 5.00. The van der Waals surface area contributed by atoms with Crippen LogP contribution in [0.15, 0.2) is 18.2 Å². The van der Waals surface area contributed by atoms with Crippen LogP contribution in [-0.2, 0) is 0 Å². The molecule has 1 aromatic rings. The summed E-state index contributed by atoms with van der Waals surface area (Å²) >= 11 is -0.111. The van der Waals surface area contributed by atoms with Crippen LogP contribution in [0.5, 0.6) is 11.5 Å². The van der Waals surface area contributed by atoms with Gasteiger partial charge in [0, 0.05) is 11.8 Å². The summed E-state index contributed by atoms with van der Waals surface area (Å²) in [4.78, 5) is 0. The number of methoxy groups -OCH3 is 1. The molecule has 1 atom stereocenters. The highest BCUT2D eigenvalue weighted by atomic mass is 32.2. The summed E-state index contributed by atoms with van der Waals surface area (Å²) < 4.78 is 46.2. The molecule has 0 heterocycles. The zero-order valence-corrected chi connectivity index (χ0v) is 11.5. The van der Waals surface area contributed by atoms with Gasteiger partial charge in [-0.1, -0.05) is 6.07 Å². The molecule has 0 saturated heterocycles. The van der Waals surface area contributed by atoms with Gasteiger partial charge in [-0.15, -0.1) is 0 Å². The minimum Gasteiger partial charge on any atom is -0.493 e. The number of halogens is 3. The number of hydrogen-bond donors (Lipinski definition) is 1. The summed E-state index contributed by atoms with van der Waals surface area (Å²) in [5, 5.41) is 0. The average molecular weight is 295 g/mol. The third-order valence-electron chi connectivity index (χ3n) is 2.32. The molecule has 7 heteroatoms. The van der Waals surface area contributed by atoms with Crippen LogP contribution in [0.25, 0.3) is 0 Å². The van der Waals surface area contributed by atoms with E-state index >= 15 is 0 Å². The van der Waals surface area contributed by atoms with Crippen LogP contribution in [0, 0.1) is 0 Å². The van der Waals surface area contributed by atoms with Crippen molar-refractivity contribution in [3.05, 3.63) is 23.8 Å². The van der Waals surface area contributed by atoms with Gasteiger partial charge in [0.05, 0.1) is 13.7 Å². The van der Waals surface area contributed by atoms with Gasteiger partial charge in [0.15, 0.2) is 11.5 Å². The van der Waals surface area contributed by atoms with E-state index in [4.69, 9.17) is 15.2 Å². The van der Waals surface area contributed by atoms with E-state index in [9.17, 15) is 13.2 Å². The van der Waals surface area contributed by atoms with Crippen LogP contribution in [0.3, 0.4) is 0 Å². The third kappa shape index (κ3) is 5.61. The van der Waals surface area contributed by atoms with Crippen molar-refractivity contribution >= 4 is 11.8 Å². The molecule has 0 aliphatic heterocycles. The zero-order valence-electron chi connectivity index (χ0n) is 10.7. The van der Waals surface area contributed by atoms with E-state index < -0.39 is 5.51 Å². The second-order valence-electron chi connectivity index (χ2n) is 3.84. The van der Waals surface area contributed by atoms with Crippen molar-refractivity contribution < 1.29 is 22.6 Å². The van der Waals surface area contributed by atoms with Crippen molar-refractivity contribution in [2.24, 2.45) is 5.73 Å². The fourth-order valence-electron chi connectivity index (χ4n) is 1.40. The fourth-order valence-corrected chi connectivity index (χ4v) is 1.79. The summed E-state index contributed by atoms with van der Waals surface area (Å²) in [6, 6.07) is 4.98. The van der Waals surface area contributed by atoms with Gasteiger partial charge in [0.1, 0.15) is 0 Å². The van der Waals surface area contributed by atoms with Gasteiger partial charge >= 0.3 is 5.51 Å². The molecule has 0 fully saturated rings. The minimum atomic E-state index is -4.23. The monoisotopic (exact) mass is 295 g/mol. The Hall–Kier alpha value is -1.08. The number of thioether (sulfide) groups is 1. The Morgan fingerprint density at radius 2 is 2.00 bits per heavy atom. The van der Waals surface area contributed by atoms with Gasteiger partial charge in [0.25, 0.3) is 0 Å². The van der Waals surface area contributed by atoms with Crippen LogP contribution in [0.4, 0.5) is 13.2 Å². The first-order chi connectivity index (χ1) is 8.83. The van der Waals surface area contributed by atoms with Crippen LogP contribution in [0.2, 0.25) is 0 Å². The maximum atomic E-state index is 11.9. The van der Waals surface area contributed by atoms with Crippen molar-refractivity contribution in [3.63, 3.8) is 0 Å². The fraction of sp³-hybridized carbons (Fsp3) is 0.500. The van der Waals surface area contributed by atoms with E-state index in [0.29, 0.717) is 11.5 Å². The number of benzene rings is 1. The summed E-state index contributed by atoms with van der Waals surface area (Å²) in [5.41, 5.74) is 2.37. The smallest absolute Gasteiger partial charge is 0.441 e. The Morgan fingerprint density at radius 1 is 1.32 bits per heavy atom. The lowest BCUT2D eigenvalue weighted by molar-refractivity contribution is -0.0329. The molecule has 0 aliphatic rings. The average Bonchev–Trinajstić information content (AvgIpc) is 2.33. The molecule has 108 valence electrons. The summed E-state index contributed by atoms with van der Waals surface area (Å²) in [5.74, 6) is 0.711. The molecule has 0 aliphatic carbocycles. The third-order valence-corrected chi connectivity index (χ3v) is 3.02. The number of hydrogen-bond acceptors (Lipinski definition) is 4. The Balaban J connectivity index is 2.58. The van der Waals surface area contributed by atoms with Gasteiger partial charge < -0.3 is 15.2 Å². The lowest BCUT2D eigenvalue weighted by Crippen LogP contribution is -2.09. The number of ether oxygens (including phenoxy) is 2. The summed E-state index contributed by atoms with van der Waals surface area (Å²) in [7, 11) is 1.47. The number of nitrogens with two attached hydrogens (primary N) is 1. The van der Waals surface area contributed by atoms with Crippen molar-refractivity contribution in [3.8, 4) is 11.5 Å². The first-order valence-corrected chi connectivity index (χ1v) is 6.59. The molecular formula is C12H16F3NO2S. The summed E-state index contributed by atoms with van der Waals surface area (Å²) in [6.45, 7) is 1.79. The summed E-state index contributed by atoms with van der Waals surface area (Å²) in [6.07, 6.45) is 0. The van der Waals surface area contributed by atoms with Gasteiger partial charge in [-0.2, -0.15) is 13.2 Å². The molecular weight excluding hydrogens is 279 g/mol. The van der Waals surface area contributed by atoms with Crippen LogP contribution < -0.4 is 15.2 Å². The van der Waals surface area contributed by atoms with Gasteiger partial charge in [-0.3, -0.25) is 0 Å². The van der Waals surface area contributed by atoms with Crippen LogP contribution >= 0.6 is 11.8 Å². The van der Waals surface area contributed by atoms with E-state index in [-0.39, 0.29) is 30.2 Å². The topological polar surface area (TPSA) is 44.5 Å². The second kappa shape index (κ2) is 6.91. The highest BCUT2D eigenvalue weighted by Gasteiger charge is 2.27. The maximum absolute atomic E-state index is 11.9. The number of rotatable bonds is 6. The van der Waals surface area contributed by atoms with Crippen molar-refractivity contribution in [2.75, 3.05) is 19.5 Å². The molecule has 0 amide bonds. The van der Waals surface area contributed by atoms with Crippen molar-refractivity contribution in [1.29, 1.82) is 0 Å². The first-order valence-electron chi connectivity index (χ1n) is 5.60. The molecule has 1 rings (SSSR count). The zero-order chi connectivity index (χ0) is 14.5. The lowest BCUT2D eigenvalue weighted by Gasteiger charge is -2.13. The van der Waals surface area contributed by atoms with Gasteiger partial charge in [0.2, 0.25) is 0 Å². The first kappa shape index (κ1) is 16.0.